The van der Waals surface area contributed by atoms with Crippen molar-refractivity contribution in [3.05, 3.63) is 54.6 Å². The molecule has 0 fully saturated rings. The van der Waals surface area contributed by atoms with Gasteiger partial charge in [-0.25, -0.2) is 0 Å². The first-order chi connectivity index (χ1) is 9.17. The molecule has 0 aliphatic carbocycles. The second-order valence-corrected chi connectivity index (χ2v) is 3.73. The molecule has 0 heterocycles. The summed E-state index contributed by atoms with van der Waals surface area (Å²) in [6, 6.07) is 5.70. The van der Waals surface area contributed by atoms with Gasteiger partial charge in [-0.3, -0.25) is 0 Å². The average Bonchev–Trinajstić information content (AvgIpc) is 2.38. The van der Waals surface area contributed by atoms with Crippen LogP contribution in [0.2, 0.25) is 0 Å². The van der Waals surface area contributed by atoms with Gasteiger partial charge in [-0.1, -0.05) is 18.7 Å². The summed E-state index contributed by atoms with van der Waals surface area (Å²) in [6.07, 6.45) is 5.79. The van der Waals surface area contributed by atoms with E-state index < -0.39 is 0 Å². The number of nitrogens with two attached hydrogens (primary N) is 2. The Morgan fingerprint density at radius 3 is 2.68 bits per heavy atom. The lowest BCUT2D eigenvalue weighted by molar-refractivity contribution is 0.360. The molecule has 19 heavy (non-hydrogen) atoms. The molecule has 0 amide bonds. The third-order valence-electron chi connectivity index (χ3n) is 2.19. The van der Waals surface area contributed by atoms with Crippen molar-refractivity contribution in [3.63, 3.8) is 0 Å². The standard InChI is InChI=1S/C14H18N4O/c1-3-5-12-9-11(10-17-18-14(15)16)6-7-13(12)19-8-4-2/h3-4,6-7,9-10H,1-2,5,8H2,(H4,15,16,18). The van der Waals surface area contributed by atoms with E-state index >= 15 is 0 Å². The van der Waals surface area contributed by atoms with Crippen LogP contribution in [-0.4, -0.2) is 18.8 Å². The second kappa shape index (κ2) is 7.71. The minimum atomic E-state index is -0.0755. The quantitative estimate of drug-likeness (QED) is 0.337. The van der Waals surface area contributed by atoms with Crippen molar-refractivity contribution in [1.29, 1.82) is 0 Å². The lowest BCUT2D eigenvalue weighted by atomic mass is 10.1. The molecular formula is C14H18N4O. The van der Waals surface area contributed by atoms with Crippen molar-refractivity contribution in [2.45, 2.75) is 6.42 Å². The van der Waals surface area contributed by atoms with Gasteiger partial charge in [0.25, 0.3) is 0 Å². The number of hydrogen-bond acceptors (Lipinski definition) is 3. The van der Waals surface area contributed by atoms with E-state index in [2.05, 4.69) is 23.4 Å². The van der Waals surface area contributed by atoms with Crippen LogP contribution in [0.4, 0.5) is 0 Å². The Morgan fingerprint density at radius 1 is 1.26 bits per heavy atom. The minimum absolute atomic E-state index is 0.0755. The predicted octanol–water partition coefficient (Wildman–Crippen LogP) is 1.59. The second-order valence-electron chi connectivity index (χ2n) is 3.73. The first-order valence-electron chi connectivity index (χ1n) is 5.77. The van der Waals surface area contributed by atoms with Gasteiger partial charge in [-0.2, -0.15) is 5.10 Å². The summed E-state index contributed by atoms with van der Waals surface area (Å²) >= 11 is 0. The summed E-state index contributed by atoms with van der Waals surface area (Å²) in [5.74, 6) is 0.729. The summed E-state index contributed by atoms with van der Waals surface area (Å²) in [7, 11) is 0. The molecule has 0 aliphatic rings. The average molecular weight is 258 g/mol. The van der Waals surface area contributed by atoms with Gasteiger partial charge in [0.05, 0.1) is 6.21 Å². The van der Waals surface area contributed by atoms with E-state index in [1.807, 2.05) is 24.3 Å². The maximum atomic E-state index is 5.56. The molecule has 1 rings (SSSR count). The molecule has 0 aliphatic heterocycles. The Morgan fingerprint density at radius 2 is 2.05 bits per heavy atom. The zero-order chi connectivity index (χ0) is 14.1. The SMILES string of the molecule is C=CCOc1ccc(C=NN=C(N)N)cc1CC=C. The molecule has 0 saturated heterocycles. The fourth-order valence-electron chi connectivity index (χ4n) is 1.45. The van der Waals surface area contributed by atoms with Crippen LogP contribution in [0.15, 0.2) is 53.7 Å². The first-order valence-corrected chi connectivity index (χ1v) is 5.77. The van der Waals surface area contributed by atoms with Crippen LogP contribution in [0.5, 0.6) is 5.75 Å². The maximum absolute atomic E-state index is 5.56. The van der Waals surface area contributed by atoms with E-state index in [1.165, 1.54) is 0 Å². The monoisotopic (exact) mass is 258 g/mol. The highest BCUT2D eigenvalue weighted by Crippen LogP contribution is 2.20. The van der Waals surface area contributed by atoms with Crippen LogP contribution in [-0.2, 0) is 6.42 Å². The summed E-state index contributed by atoms with van der Waals surface area (Å²) in [6.45, 7) is 7.81. The summed E-state index contributed by atoms with van der Waals surface area (Å²) in [4.78, 5) is 0. The van der Waals surface area contributed by atoms with E-state index in [1.54, 1.807) is 12.3 Å². The summed E-state index contributed by atoms with van der Waals surface area (Å²) in [5, 5.41) is 7.31. The van der Waals surface area contributed by atoms with Crippen molar-refractivity contribution in [1.82, 2.24) is 0 Å². The molecule has 5 nitrogen and oxygen atoms in total. The van der Waals surface area contributed by atoms with Crippen molar-refractivity contribution in [2.75, 3.05) is 6.61 Å². The zero-order valence-electron chi connectivity index (χ0n) is 10.7. The van der Waals surface area contributed by atoms with Gasteiger partial charge in [0.2, 0.25) is 5.96 Å². The Balaban J connectivity index is 2.94. The van der Waals surface area contributed by atoms with Crippen LogP contribution >= 0.6 is 0 Å². The van der Waals surface area contributed by atoms with Gasteiger partial charge in [-0.15, -0.1) is 11.7 Å². The van der Waals surface area contributed by atoms with E-state index in [0.29, 0.717) is 13.0 Å². The molecule has 1 aromatic carbocycles. The van der Waals surface area contributed by atoms with Crippen molar-refractivity contribution in [3.8, 4) is 5.75 Å². The Kier molecular flexibility index (Phi) is 5.88. The molecule has 0 aromatic heterocycles. The van der Waals surface area contributed by atoms with Gasteiger partial charge in [0, 0.05) is 0 Å². The van der Waals surface area contributed by atoms with Crippen molar-refractivity contribution >= 4 is 12.2 Å². The maximum Gasteiger partial charge on any atom is 0.211 e. The van der Waals surface area contributed by atoms with Gasteiger partial charge in [-0.05, 0) is 35.7 Å². The third kappa shape index (κ3) is 5.08. The number of allylic oxidation sites excluding steroid dienone is 1. The Hall–Kier alpha value is -2.56. The van der Waals surface area contributed by atoms with E-state index in [9.17, 15) is 0 Å². The molecule has 1 aromatic rings. The van der Waals surface area contributed by atoms with Crippen molar-refractivity contribution < 1.29 is 4.74 Å². The minimum Gasteiger partial charge on any atom is -0.489 e. The van der Waals surface area contributed by atoms with Crippen LogP contribution in [0.1, 0.15) is 11.1 Å². The molecule has 4 N–H and O–H groups in total. The normalized spacial score (nSPS) is 10.1. The molecule has 0 unspecified atom stereocenters. The van der Waals surface area contributed by atoms with Crippen LogP contribution in [0.25, 0.3) is 0 Å². The van der Waals surface area contributed by atoms with Crippen LogP contribution in [0, 0.1) is 0 Å². The number of hydrogen-bond donors (Lipinski definition) is 2. The topological polar surface area (TPSA) is 86.0 Å². The lowest BCUT2D eigenvalue weighted by Gasteiger charge is -2.09. The molecule has 0 saturated carbocycles. The molecule has 100 valence electrons. The van der Waals surface area contributed by atoms with E-state index in [-0.39, 0.29) is 5.96 Å². The number of rotatable bonds is 7. The number of ether oxygens (including phenoxy) is 1. The molecule has 5 heteroatoms. The predicted molar refractivity (Wildman–Crippen MR) is 79.4 cm³/mol. The third-order valence-corrected chi connectivity index (χ3v) is 2.19. The zero-order valence-corrected chi connectivity index (χ0v) is 10.7. The molecule has 0 bridgehead atoms. The summed E-state index contributed by atoms with van der Waals surface area (Å²) < 4.78 is 5.56. The highest BCUT2D eigenvalue weighted by atomic mass is 16.5. The number of nitrogens with zero attached hydrogens (tertiary/aromatic N) is 2. The fraction of sp³-hybridized carbons (Fsp3) is 0.143. The fourth-order valence-corrected chi connectivity index (χ4v) is 1.45. The highest BCUT2D eigenvalue weighted by molar-refractivity contribution is 5.82. The number of benzene rings is 1. The van der Waals surface area contributed by atoms with E-state index in [4.69, 9.17) is 16.2 Å². The molecule has 0 atom stereocenters. The number of guanidine groups is 1. The van der Waals surface area contributed by atoms with Gasteiger partial charge in [0.1, 0.15) is 12.4 Å². The van der Waals surface area contributed by atoms with Crippen LogP contribution < -0.4 is 16.2 Å². The van der Waals surface area contributed by atoms with Gasteiger partial charge < -0.3 is 16.2 Å². The van der Waals surface area contributed by atoms with Crippen LogP contribution in [0.3, 0.4) is 0 Å². The lowest BCUT2D eigenvalue weighted by Crippen LogP contribution is -2.21. The Labute approximate surface area is 113 Å². The van der Waals surface area contributed by atoms with E-state index in [0.717, 1.165) is 16.9 Å². The van der Waals surface area contributed by atoms with Gasteiger partial charge in [0.15, 0.2) is 0 Å². The Bertz CT molecular complexity index is 502. The molecule has 0 radical (unpaired) electrons. The molecular weight excluding hydrogens is 240 g/mol. The summed E-state index contributed by atoms with van der Waals surface area (Å²) in [5.41, 5.74) is 12.3. The highest BCUT2D eigenvalue weighted by Gasteiger charge is 2.02. The molecule has 0 spiro atoms. The van der Waals surface area contributed by atoms with Gasteiger partial charge >= 0.3 is 0 Å². The van der Waals surface area contributed by atoms with Crippen molar-refractivity contribution in [2.24, 2.45) is 21.7 Å². The first kappa shape index (κ1) is 14.5. The largest absolute Gasteiger partial charge is 0.489 e. The smallest absolute Gasteiger partial charge is 0.211 e.